The summed E-state index contributed by atoms with van der Waals surface area (Å²) in [6.07, 6.45) is 2.53. The van der Waals surface area contributed by atoms with E-state index in [2.05, 4.69) is 25.7 Å². The van der Waals surface area contributed by atoms with Crippen molar-refractivity contribution in [1.29, 1.82) is 0 Å². The number of benzene rings is 1. The third-order valence-electron chi connectivity index (χ3n) is 2.56. The van der Waals surface area contributed by atoms with Crippen LogP contribution in [-0.2, 0) is 4.79 Å². The van der Waals surface area contributed by atoms with Crippen LogP contribution >= 0.6 is 11.8 Å². The standard InChI is InChI=1S/C15H22N2OS/c1-4-9-19-14-8-6-5-7-13(14)17-15(18)12(16)10-11(2)3/h4-8,11-12H,1,9-10,16H2,2-3H3,(H,17,18). The molecule has 0 fully saturated rings. The fourth-order valence-corrected chi connectivity index (χ4v) is 2.43. The first-order chi connectivity index (χ1) is 9.04. The topological polar surface area (TPSA) is 55.1 Å². The molecule has 4 heteroatoms. The van der Waals surface area contributed by atoms with Crippen LogP contribution in [0.4, 0.5) is 5.69 Å². The number of hydrogen-bond donors (Lipinski definition) is 2. The van der Waals surface area contributed by atoms with Crippen molar-refractivity contribution < 1.29 is 4.79 Å². The molecule has 104 valence electrons. The van der Waals surface area contributed by atoms with E-state index in [9.17, 15) is 4.79 Å². The molecule has 3 N–H and O–H groups in total. The van der Waals surface area contributed by atoms with Gasteiger partial charge >= 0.3 is 0 Å². The quantitative estimate of drug-likeness (QED) is 0.594. The van der Waals surface area contributed by atoms with Crippen molar-refractivity contribution in [3.8, 4) is 0 Å². The van der Waals surface area contributed by atoms with Crippen LogP contribution in [0.1, 0.15) is 20.3 Å². The van der Waals surface area contributed by atoms with Crippen LogP contribution in [0.5, 0.6) is 0 Å². The highest BCUT2D eigenvalue weighted by molar-refractivity contribution is 7.99. The van der Waals surface area contributed by atoms with Gasteiger partial charge in [0.25, 0.3) is 0 Å². The van der Waals surface area contributed by atoms with Crippen LogP contribution in [0.2, 0.25) is 0 Å². The van der Waals surface area contributed by atoms with Crippen LogP contribution in [0.25, 0.3) is 0 Å². The van der Waals surface area contributed by atoms with Gasteiger partial charge in [-0.15, -0.1) is 18.3 Å². The van der Waals surface area contributed by atoms with Crippen molar-refractivity contribution in [2.75, 3.05) is 11.1 Å². The Hall–Kier alpha value is -1.26. The molecular formula is C15H22N2OS. The minimum atomic E-state index is -0.461. The van der Waals surface area contributed by atoms with Crippen molar-refractivity contribution in [1.82, 2.24) is 0 Å². The van der Waals surface area contributed by atoms with Gasteiger partial charge in [-0.1, -0.05) is 32.1 Å². The summed E-state index contributed by atoms with van der Waals surface area (Å²) in [5.41, 5.74) is 6.70. The second-order valence-electron chi connectivity index (χ2n) is 4.82. The first kappa shape index (κ1) is 15.8. The van der Waals surface area contributed by atoms with Gasteiger partial charge in [0.2, 0.25) is 5.91 Å². The van der Waals surface area contributed by atoms with E-state index in [4.69, 9.17) is 5.73 Å². The number of carbonyl (C=O) groups excluding carboxylic acids is 1. The third kappa shape index (κ3) is 5.49. The maximum absolute atomic E-state index is 12.0. The van der Waals surface area contributed by atoms with Crippen LogP contribution in [0.15, 0.2) is 41.8 Å². The Balaban J connectivity index is 2.70. The Morgan fingerprint density at radius 3 is 2.79 bits per heavy atom. The number of thioether (sulfide) groups is 1. The number of para-hydroxylation sites is 1. The molecule has 0 aliphatic heterocycles. The zero-order chi connectivity index (χ0) is 14.3. The SMILES string of the molecule is C=CCSc1ccccc1NC(=O)C(N)CC(C)C. The Kier molecular flexibility index (Phi) is 6.67. The van der Waals surface area contributed by atoms with Gasteiger partial charge in [-0.2, -0.15) is 0 Å². The monoisotopic (exact) mass is 278 g/mol. The van der Waals surface area contributed by atoms with Crippen LogP contribution in [-0.4, -0.2) is 17.7 Å². The number of hydrogen-bond acceptors (Lipinski definition) is 3. The predicted molar refractivity (Wildman–Crippen MR) is 83.4 cm³/mol. The van der Waals surface area contributed by atoms with Gasteiger partial charge in [0.05, 0.1) is 11.7 Å². The van der Waals surface area contributed by atoms with Crippen molar-refractivity contribution in [2.24, 2.45) is 11.7 Å². The molecule has 0 bridgehead atoms. The second kappa shape index (κ2) is 8.02. The van der Waals surface area contributed by atoms with E-state index < -0.39 is 6.04 Å². The summed E-state index contributed by atoms with van der Waals surface area (Å²) < 4.78 is 0. The number of nitrogens with two attached hydrogens (primary N) is 1. The molecule has 0 saturated carbocycles. The molecule has 0 aromatic heterocycles. The lowest BCUT2D eigenvalue weighted by molar-refractivity contribution is -0.117. The first-order valence-corrected chi connectivity index (χ1v) is 7.42. The van der Waals surface area contributed by atoms with Crippen LogP contribution in [0, 0.1) is 5.92 Å². The van der Waals surface area contributed by atoms with Crippen molar-refractivity contribution in [3.63, 3.8) is 0 Å². The van der Waals surface area contributed by atoms with Crippen LogP contribution in [0.3, 0.4) is 0 Å². The molecule has 1 atom stereocenters. The minimum Gasteiger partial charge on any atom is -0.324 e. The number of nitrogens with one attached hydrogen (secondary N) is 1. The molecule has 0 heterocycles. The summed E-state index contributed by atoms with van der Waals surface area (Å²) in [6, 6.07) is 7.28. The lowest BCUT2D eigenvalue weighted by atomic mass is 10.0. The molecule has 1 aromatic rings. The van der Waals surface area contributed by atoms with Crippen molar-refractivity contribution >= 4 is 23.4 Å². The van der Waals surface area contributed by atoms with Gasteiger partial charge in [-0.3, -0.25) is 4.79 Å². The summed E-state index contributed by atoms with van der Waals surface area (Å²) >= 11 is 1.64. The number of rotatable bonds is 7. The van der Waals surface area contributed by atoms with Crippen molar-refractivity contribution in [2.45, 2.75) is 31.2 Å². The largest absolute Gasteiger partial charge is 0.324 e. The Morgan fingerprint density at radius 2 is 2.16 bits per heavy atom. The van der Waals surface area contributed by atoms with Gasteiger partial charge in [-0.25, -0.2) is 0 Å². The predicted octanol–water partition coefficient (Wildman–Crippen LogP) is 3.28. The highest BCUT2D eigenvalue weighted by atomic mass is 32.2. The normalized spacial score (nSPS) is 12.2. The van der Waals surface area contributed by atoms with Crippen molar-refractivity contribution in [3.05, 3.63) is 36.9 Å². The molecule has 0 aliphatic rings. The number of anilines is 1. The molecule has 3 nitrogen and oxygen atoms in total. The van der Waals surface area contributed by atoms with Gasteiger partial charge < -0.3 is 11.1 Å². The summed E-state index contributed by atoms with van der Waals surface area (Å²) in [4.78, 5) is 13.0. The van der Waals surface area contributed by atoms with E-state index in [0.717, 1.165) is 16.3 Å². The fourth-order valence-electron chi connectivity index (χ4n) is 1.68. The number of carbonyl (C=O) groups is 1. The molecule has 1 rings (SSSR count). The third-order valence-corrected chi connectivity index (χ3v) is 3.63. The zero-order valence-corrected chi connectivity index (χ0v) is 12.4. The molecule has 1 aromatic carbocycles. The summed E-state index contributed by atoms with van der Waals surface area (Å²) in [7, 11) is 0. The molecule has 1 amide bonds. The molecule has 0 spiro atoms. The van der Waals surface area contributed by atoms with E-state index in [-0.39, 0.29) is 5.91 Å². The van der Waals surface area contributed by atoms with Crippen LogP contribution < -0.4 is 11.1 Å². The molecule has 19 heavy (non-hydrogen) atoms. The molecule has 0 saturated heterocycles. The van der Waals surface area contributed by atoms with E-state index in [1.54, 1.807) is 11.8 Å². The lowest BCUT2D eigenvalue weighted by Gasteiger charge is -2.15. The summed E-state index contributed by atoms with van der Waals surface area (Å²) in [5, 5.41) is 2.91. The Morgan fingerprint density at radius 1 is 1.47 bits per heavy atom. The van der Waals surface area contributed by atoms with Gasteiger partial charge in [0.15, 0.2) is 0 Å². The highest BCUT2D eigenvalue weighted by Crippen LogP contribution is 2.27. The Bertz CT molecular complexity index is 432. The lowest BCUT2D eigenvalue weighted by Crippen LogP contribution is -2.36. The van der Waals surface area contributed by atoms with E-state index in [1.807, 2.05) is 30.3 Å². The minimum absolute atomic E-state index is 0.125. The van der Waals surface area contributed by atoms with Gasteiger partial charge in [-0.05, 0) is 24.5 Å². The maximum Gasteiger partial charge on any atom is 0.241 e. The molecular weight excluding hydrogens is 256 g/mol. The van der Waals surface area contributed by atoms with Gasteiger partial charge in [0.1, 0.15) is 0 Å². The van der Waals surface area contributed by atoms with E-state index in [0.29, 0.717) is 12.3 Å². The summed E-state index contributed by atoms with van der Waals surface area (Å²) in [6.45, 7) is 7.81. The maximum atomic E-state index is 12.0. The highest BCUT2D eigenvalue weighted by Gasteiger charge is 2.16. The van der Waals surface area contributed by atoms with E-state index >= 15 is 0 Å². The average Bonchev–Trinajstić information content (AvgIpc) is 2.36. The Labute approximate surface area is 119 Å². The van der Waals surface area contributed by atoms with Gasteiger partial charge in [0, 0.05) is 10.6 Å². The zero-order valence-electron chi connectivity index (χ0n) is 11.6. The molecule has 0 aliphatic carbocycles. The molecule has 1 unspecified atom stereocenters. The molecule has 0 radical (unpaired) electrons. The smallest absolute Gasteiger partial charge is 0.241 e. The first-order valence-electron chi connectivity index (χ1n) is 6.43. The fraction of sp³-hybridized carbons (Fsp3) is 0.400. The number of amides is 1. The van der Waals surface area contributed by atoms with E-state index in [1.165, 1.54) is 0 Å². The summed E-state index contributed by atoms with van der Waals surface area (Å²) in [5.74, 6) is 1.09. The average molecular weight is 278 g/mol. The second-order valence-corrected chi connectivity index (χ2v) is 5.88.